The summed E-state index contributed by atoms with van der Waals surface area (Å²) in [7, 11) is 1.84. The van der Waals surface area contributed by atoms with Gasteiger partial charge in [-0.05, 0) is 30.7 Å². The molecule has 0 aliphatic carbocycles. The summed E-state index contributed by atoms with van der Waals surface area (Å²) in [6.45, 7) is 3.03. The number of nitrogens with one attached hydrogen (secondary N) is 1. The van der Waals surface area contributed by atoms with Gasteiger partial charge in [0.2, 0.25) is 0 Å². The van der Waals surface area contributed by atoms with Crippen LogP contribution >= 0.6 is 0 Å². The maximum atomic E-state index is 12.3. The molecule has 1 fully saturated rings. The Labute approximate surface area is 138 Å². The minimum absolute atomic E-state index is 0.0460. The van der Waals surface area contributed by atoms with Crippen LogP contribution in [0.3, 0.4) is 0 Å². The Bertz CT molecular complexity index is 461. The molecule has 0 aromatic heterocycles. The molecule has 0 saturated carbocycles. The molecule has 0 bridgehead atoms. The fraction of sp³-hybridized carbons (Fsp3) is 0.611. The van der Waals surface area contributed by atoms with Crippen molar-refractivity contribution in [3.8, 4) is 0 Å². The number of benzene rings is 1. The summed E-state index contributed by atoms with van der Waals surface area (Å²) in [5.74, 6) is 0.670. The van der Waals surface area contributed by atoms with E-state index in [9.17, 15) is 9.90 Å². The maximum absolute atomic E-state index is 12.3. The molecular weight excluding hydrogens is 292 g/mol. The number of amides is 2. The summed E-state index contributed by atoms with van der Waals surface area (Å²) in [5.41, 5.74) is 1.15. The van der Waals surface area contributed by atoms with Gasteiger partial charge in [-0.1, -0.05) is 30.3 Å². The van der Waals surface area contributed by atoms with E-state index in [1.54, 1.807) is 4.90 Å². The topological polar surface area (TPSA) is 61.8 Å². The Kier molecular flexibility index (Phi) is 7.36. The quantitative estimate of drug-likeness (QED) is 0.810. The third kappa shape index (κ3) is 5.84. The number of aliphatic hydroxyl groups excluding tert-OH is 1. The van der Waals surface area contributed by atoms with Crippen LogP contribution in [0.2, 0.25) is 0 Å². The first-order valence-electron chi connectivity index (χ1n) is 8.43. The van der Waals surface area contributed by atoms with Gasteiger partial charge in [0.05, 0.1) is 0 Å². The molecule has 1 aromatic rings. The van der Waals surface area contributed by atoms with Gasteiger partial charge >= 0.3 is 6.03 Å². The lowest BCUT2D eigenvalue weighted by molar-refractivity contribution is 0.0586. The maximum Gasteiger partial charge on any atom is 0.317 e. The molecule has 1 atom stereocenters. The summed E-state index contributed by atoms with van der Waals surface area (Å²) < 4.78 is 5.35. The number of ether oxygens (including phenoxy) is 1. The molecule has 128 valence electrons. The Morgan fingerprint density at radius 3 is 2.70 bits per heavy atom. The van der Waals surface area contributed by atoms with E-state index in [0.29, 0.717) is 18.9 Å². The normalized spacial score (nSPS) is 16.8. The third-order valence-corrected chi connectivity index (χ3v) is 4.47. The van der Waals surface area contributed by atoms with E-state index in [1.807, 2.05) is 37.4 Å². The number of urea groups is 1. The molecule has 5 heteroatoms. The summed E-state index contributed by atoms with van der Waals surface area (Å²) in [4.78, 5) is 14.0. The fourth-order valence-electron chi connectivity index (χ4n) is 3.01. The molecule has 1 unspecified atom stereocenters. The van der Waals surface area contributed by atoms with Gasteiger partial charge < -0.3 is 20.1 Å². The van der Waals surface area contributed by atoms with E-state index in [1.165, 1.54) is 0 Å². The Morgan fingerprint density at radius 2 is 2.04 bits per heavy atom. The molecule has 0 spiro atoms. The first-order valence-corrected chi connectivity index (χ1v) is 8.43. The molecule has 2 rings (SSSR count). The molecule has 5 nitrogen and oxygen atoms in total. The first kappa shape index (κ1) is 17.8. The van der Waals surface area contributed by atoms with Crippen molar-refractivity contribution in [1.29, 1.82) is 0 Å². The summed E-state index contributed by atoms with van der Waals surface area (Å²) in [5, 5.41) is 12.3. The van der Waals surface area contributed by atoms with Gasteiger partial charge in [0.15, 0.2) is 0 Å². The minimum Gasteiger partial charge on any atom is -0.396 e. The van der Waals surface area contributed by atoms with Gasteiger partial charge in [0, 0.05) is 45.9 Å². The highest BCUT2D eigenvalue weighted by Gasteiger charge is 2.19. The number of nitrogens with zero attached hydrogens (tertiary/aromatic N) is 1. The van der Waals surface area contributed by atoms with Gasteiger partial charge in [0.1, 0.15) is 0 Å². The zero-order chi connectivity index (χ0) is 16.5. The molecule has 1 heterocycles. The van der Waals surface area contributed by atoms with Crippen molar-refractivity contribution >= 4 is 6.03 Å². The first-order chi connectivity index (χ1) is 11.2. The van der Waals surface area contributed by atoms with Crippen molar-refractivity contribution in [2.24, 2.45) is 5.92 Å². The van der Waals surface area contributed by atoms with Crippen LogP contribution in [0.15, 0.2) is 30.3 Å². The average molecular weight is 320 g/mol. The highest BCUT2D eigenvalue weighted by Crippen LogP contribution is 2.19. The van der Waals surface area contributed by atoms with E-state index in [-0.39, 0.29) is 18.6 Å². The molecule has 2 amide bonds. The highest BCUT2D eigenvalue weighted by atomic mass is 16.5. The van der Waals surface area contributed by atoms with Crippen LogP contribution in [-0.2, 0) is 4.74 Å². The number of hydrogen-bond donors (Lipinski definition) is 2. The zero-order valence-electron chi connectivity index (χ0n) is 13.9. The van der Waals surface area contributed by atoms with Crippen LogP contribution in [0.25, 0.3) is 0 Å². The SMILES string of the molecule is CN(CC1CCOCC1)C(=O)NCC(CCO)c1ccccc1. The standard InChI is InChI=1S/C18H28N2O3/c1-20(14-15-8-11-23-12-9-15)18(22)19-13-17(7-10-21)16-5-3-2-4-6-16/h2-6,15,17,21H,7-14H2,1H3,(H,19,22). The van der Waals surface area contributed by atoms with Crippen molar-refractivity contribution < 1.29 is 14.6 Å². The molecule has 1 aliphatic heterocycles. The molecule has 2 N–H and O–H groups in total. The molecular formula is C18H28N2O3. The van der Waals surface area contributed by atoms with E-state index < -0.39 is 0 Å². The number of rotatable bonds is 7. The fourth-order valence-corrected chi connectivity index (χ4v) is 3.01. The van der Waals surface area contributed by atoms with Crippen LogP contribution in [0.1, 0.15) is 30.7 Å². The second kappa shape index (κ2) is 9.53. The van der Waals surface area contributed by atoms with Crippen LogP contribution in [0.5, 0.6) is 0 Å². The molecule has 1 aromatic carbocycles. The smallest absolute Gasteiger partial charge is 0.317 e. The van der Waals surface area contributed by atoms with Gasteiger partial charge in [-0.2, -0.15) is 0 Å². The summed E-state index contributed by atoms with van der Waals surface area (Å²) >= 11 is 0. The number of hydrogen-bond acceptors (Lipinski definition) is 3. The van der Waals surface area contributed by atoms with E-state index in [0.717, 1.165) is 38.2 Å². The molecule has 1 saturated heterocycles. The van der Waals surface area contributed by atoms with Crippen LogP contribution in [0.4, 0.5) is 4.79 Å². The second-order valence-electron chi connectivity index (χ2n) is 6.24. The molecule has 23 heavy (non-hydrogen) atoms. The summed E-state index contributed by atoms with van der Waals surface area (Å²) in [6.07, 6.45) is 2.69. The predicted molar refractivity (Wildman–Crippen MR) is 90.5 cm³/mol. The zero-order valence-corrected chi connectivity index (χ0v) is 13.9. The van der Waals surface area contributed by atoms with Crippen molar-refractivity contribution in [3.05, 3.63) is 35.9 Å². The lowest BCUT2D eigenvalue weighted by Gasteiger charge is -2.28. The van der Waals surface area contributed by atoms with E-state index in [4.69, 9.17) is 4.74 Å². The monoisotopic (exact) mass is 320 g/mol. The lowest BCUT2D eigenvalue weighted by atomic mass is 9.96. The predicted octanol–water partition coefficient (Wildman–Crippen LogP) is 2.22. The van der Waals surface area contributed by atoms with Gasteiger partial charge in [-0.3, -0.25) is 0 Å². The number of aliphatic hydroxyl groups is 1. The van der Waals surface area contributed by atoms with E-state index >= 15 is 0 Å². The average Bonchev–Trinajstić information content (AvgIpc) is 2.60. The van der Waals surface area contributed by atoms with Gasteiger partial charge in [0.25, 0.3) is 0 Å². The van der Waals surface area contributed by atoms with E-state index in [2.05, 4.69) is 5.32 Å². The minimum atomic E-state index is -0.0460. The van der Waals surface area contributed by atoms with Crippen LogP contribution in [0, 0.1) is 5.92 Å². The second-order valence-corrected chi connectivity index (χ2v) is 6.24. The number of carbonyl (C=O) groups is 1. The Hall–Kier alpha value is -1.59. The lowest BCUT2D eigenvalue weighted by Crippen LogP contribution is -2.42. The van der Waals surface area contributed by atoms with Crippen molar-refractivity contribution in [2.45, 2.75) is 25.2 Å². The Balaban J connectivity index is 1.80. The van der Waals surface area contributed by atoms with Crippen LogP contribution in [-0.4, -0.2) is 56.0 Å². The number of carbonyl (C=O) groups excluding carboxylic acids is 1. The van der Waals surface area contributed by atoms with Crippen LogP contribution < -0.4 is 5.32 Å². The van der Waals surface area contributed by atoms with Crippen molar-refractivity contribution in [3.63, 3.8) is 0 Å². The van der Waals surface area contributed by atoms with Gasteiger partial charge in [-0.25, -0.2) is 4.79 Å². The van der Waals surface area contributed by atoms with Crippen molar-refractivity contribution in [1.82, 2.24) is 10.2 Å². The van der Waals surface area contributed by atoms with Crippen molar-refractivity contribution in [2.75, 3.05) is 40.0 Å². The van der Waals surface area contributed by atoms with Gasteiger partial charge in [-0.15, -0.1) is 0 Å². The summed E-state index contributed by atoms with van der Waals surface area (Å²) in [6, 6.07) is 9.98. The third-order valence-electron chi connectivity index (χ3n) is 4.47. The molecule has 1 aliphatic rings. The highest BCUT2D eigenvalue weighted by molar-refractivity contribution is 5.73. The molecule has 0 radical (unpaired) electrons. The Morgan fingerprint density at radius 1 is 1.35 bits per heavy atom. The largest absolute Gasteiger partial charge is 0.396 e.